The van der Waals surface area contributed by atoms with Crippen molar-refractivity contribution in [3.8, 4) is 0 Å². The van der Waals surface area contributed by atoms with Crippen molar-refractivity contribution in [1.29, 1.82) is 0 Å². The van der Waals surface area contributed by atoms with Crippen LogP contribution in [0.3, 0.4) is 0 Å². The van der Waals surface area contributed by atoms with E-state index in [9.17, 15) is 9.59 Å². The molecule has 5 nitrogen and oxygen atoms in total. The third-order valence-corrected chi connectivity index (χ3v) is 3.56. The number of hydrogen-bond donors (Lipinski definition) is 2. The van der Waals surface area contributed by atoms with Gasteiger partial charge in [-0.2, -0.15) is 5.10 Å². The Hall–Kier alpha value is -2.47. The lowest BCUT2D eigenvalue weighted by atomic mass is 10.2. The maximum atomic E-state index is 12.0. The molecule has 0 radical (unpaired) electrons. The number of benzene rings is 2. The highest BCUT2D eigenvalue weighted by Gasteiger charge is 2.15. The van der Waals surface area contributed by atoms with Gasteiger partial charge < -0.3 is 5.32 Å². The molecule has 0 spiro atoms. The molecule has 0 aromatic heterocycles. The molecular weight excluding hydrogens is 358 g/mol. The van der Waals surface area contributed by atoms with Gasteiger partial charge >= 0.3 is 0 Å². The quantitative estimate of drug-likeness (QED) is 0.624. The van der Waals surface area contributed by atoms with Crippen LogP contribution in [-0.2, 0) is 4.79 Å². The fourth-order valence-corrected chi connectivity index (χ4v) is 2.02. The highest BCUT2D eigenvalue weighted by atomic mass is 79.9. The molecule has 2 N–H and O–H groups in total. The minimum absolute atomic E-state index is 0.301. The van der Waals surface area contributed by atoms with Crippen LogP contribution in [0, 0.1) is 0 Å². The Morgan fingerprint density at radius 3 is 2.39 bits per heavy atom. The number of nitrogens with one attached hydrogen (secondary N) is 2. The molecule has 0 aliphatic heterocycles. The van der Waals surface area contributed by atoms with Crippen LogP contribution in [0.5, 0.6) is 0 Å². The molecule has 23 heavy (non-hydrogen) atoms. The SMILES string of the molecule is CC(NC(=O)c1ccccc1)C(=O)N/N=C/c1ccc(Br)cc1. The minimum atomic E-state index is -0.690. The van der Waals surface area contributed by atoms with Crippen LogP contribution < -0.4 is 10.7 Å². The van der Waals surface area contributed by atoms with E-state index >= 15 is 0 Å². The lowest BCUT2D eigenvalue weighted by Gasteiger charge is -2.12. The second kappa shape index (κ2) is 8.24. The van der Waals surface area contributed by atoms with Crippen molar-refractivity contribution in [3.05, 3.63) is 70.2 Å². The molecule has 2 aromatic carbocycles. The normalized spacial score (nSPS) is 11.9. The molecule has 2 rings (SSSR count). The monoisotopic (exact) mass is 373 g/mol. The molecule has 2 aromatic rings. The van der Waals surface area contributed by atoms with Gasteiger partial charge in [0.1, 0.15) is 6.04 Å². The van der Waals surface area contributed by atoms with Gasteiger partial charge in [-0.05, 0) is 36.8 Å². The molecule has 6 heteroatoms. The van der Waals surface area contributed by atoms with Gasteiger partial charge in [0, 0.05) is 10.0 Å². The smallest absolute Gasteiger partial charge is 0.262 e. The summed E-state index contributed by atoms with van der Waals surface area (Å²) in [6.07, 6.45) is 1.54. The molecule has 0 aliphatic carbocycles. The van der Waals surface area contributed by atoms with E-state index in [0.717, 1.165) is 10.0 Å². The van der Waals surface area contributed by atoms with Gasteiger partial charge in [0.15, 0.2) is 0 Å². The minimum Gasteiger partial charge on any atom is -0.340 e. The highest BCUT2D eigenvalue weighted by Crippen LogP contribution is 2.08. The fraction of sp³-hybridized carbons (Fsp3) is 0.118. The molecule has 2 amide bonds. The van der Waals surface area contributed by atoms with Gasteiger partial charge in [-0.3, -0.25) is 9.59 Å². The zero-order chi connectivity index (χ0) is 16.7. The van der Waals surface area contributed by atoms with Crippen LogP contribution in [0.25, 0.3) is 0 Å². The molecule has 0 fully saturated rings. The Labute approximate surface area is 142 Å². The van der Waals surface area contributed by atoms with Gasteiger partial charge in [0.2, 0.25) is 0 Å². The van der Waals surface area contributed by atoms with Gasteiger partial charge in [-0.25, -0.2) is 5.43 Å². The number of hydrogen-bond acceptors (Lipinski definition) is 3. The van der Waals surface area contributed by atoms with Crippen molar-refractivity contribution in [3.63, 3.8) is 0 Å². The standard InChI is InChI=1S/C17H16BrN3O2/c1-12(20-17(23)14-5-3-2-4-6-14)16(22)21-19-11-13-7-9-15(18)10-8-13/h2-12H,1H3,(H,20,23)(H,21,22)/b19-11+. The molecule has 0 saturated carbocycles. The van der Waals surface area contributed by atoms with E-state index in [0.29, 0.717) is 5.56 Å². The van der Waals surface area contributed by atoms with Gasteiger partial charge in [0.25, 0.3) is 11.8 Å². The second-order valence-corrected chi connectivity index (χ2v) is 5.76. The summed E-state index contributed by atoms with van der Waals surface area (Å²) in [5, 5.41) is 6.50. The average molecular weight is 374 g/mol. The van der Waals surface area contributed by atoms with Crippen LogP contribution in [0.4, 0.5) is 0 Å². The van der Waals surface area contributed by atoms with Crippen molar-refractivity contribution in [2.75, 3.05) is 0 Å². The number of hydrazone groups is 1. The summed E-state index contributed by atoms with van der Waals surface area (Å²) < 4.78 is 0.968. The number of nitrogens with zero attached hydrogens (tertiary/aromatic N) is 1. The number of carbonyl (C=O) groups excluding carboxylic acids is 2. The summed E-state index contributed by atoms with van der Waals surface area (Å²) in [6.45, 7) is 1.60. The molecule has 0 heterocycles. The largest absolute Gasteiger partial charge is 0.340 e. The molecule has 118 valence electrons. The van der Waals surface area contributed by atoms with E-state index in [2.05, 4.69) is 31.8 Å². The summed E-state index contributed by atoms with van der Waals surface area (Å²) in [5.41, 5.74) is 3.77. The van der Waals surface area contributed by atoms with Crippen LogP contribution >= 0.6 is 15.9 Å². The number of carbonyl (C=O) groups is 2. The summed E-state index contributed by atoms with van der Waals surface area (Å²) >= 11 is 3.34. The average Bonchev–Trinajstić information content (AvgIpc) is 2.57. The van der Waals surface area contributed by atoms with Gasteiger partial charge in [-0.15, -0.1) is 0 Å². The maximum absolute atomic E-state index is 12.0. The molecule has 0 saturated heterocycles. The predicted molar refractivity (Wildman–Crippen MR) is 93.2 cm³/mol. The first kappa shape index (κ1) is 16.9. The van der Waals surface area contributed by atoms with Crippen molar-refractivity contribution in [2.24, 2.45) is 5.10 Å². The topological polar surface area (TPSA) is 70.6 Å². The Morgan fingerprint density at radius 1 is 1.09 bits per heavy atom. The van der Waals surface area contributed by atoms with Crippen molar-refractivity contribution in [1.82, 2.24) is 10.7 Å². The Kier molecular flexibility index (Phi) is 6.05. The lowest BCUT2D eigenvalue weighted by Crippen LogP contribution is -2.43. The summed E-state index contributed by atoms with van der Waals surface area (Å²) in [6, 6.07) is 15.5. The van der Waals surface area contributed by atoms with E-state index in [1.165, 1.54) is 6.21 Å². The lowest BCUT2D eigenvalue weighted by molar-refractivity contribution is -0.122. The summed E-state index contributed by atoms with van der Waals surface area (Å²) in [4.78, 5) is 23.9. The van der Waals surface area contributed by atoms with Crippen LogP contribution in [0.15, 0.2) is 64.2 Å². The first-order chi connectivity index (χ1) is 11.1. The Bertz CT molecular complexity index is 700. The van der Waals surface area contributed by atoms with Crippen molar-refractivity contribution in [2.45, 2.75) is 13.0 Å². The van der Waals surface area contributed by atoms with Crippen molar-refractivity contribution < 1.29 is 9.59 Å². The summed E-state index contributed by atoms with van der Waals surface area (Å²) in [5.74, 6) is -0.687. The van der Waals surface area contributed by atoms with Crippen LogP contribution in [0.1, 0.15) is 22.8 Å². The first-order valence-corrected chi connectivity index (χ1v) is 7.80. The summed E-state index contributed by atoms with van der Waals surface area (Å²) in [7, 11) is 0. The third-order valence-electron chi connectivity index (χ3n) is 3.04. The van der Waals surface area contributed by atoms with E-state index in [1.807, 2.05) is 30.3 Å². The molecule has 1 atom stereocenters. The Balaban J connectivity index is 1.85. The zero-order valence-corrected chi connectivity index (χ0v) is 14.1. The molecule has 1 unspecified atom stereocenters. The fourth-order valence-electron chi connectivity index (χ4n) is 1.75. The van der Waals surface area contributed by atoms with Gasteiger partial charge in [0.05, 0.1) is 6.21 Å². The predicted octanol–water partition coefficient (Wildman–Crippen LogP) is 2.72. The van der Waals surface area contributed by atoms with Crippen LogP contribution in [0.2, 0.25) is 0 Å². The zero-order valence-electron chi connectivity index (χ0n) is 12.5. The van der Waals surface area contributed by atoms with E-state index in [4.69, 9.17) is 0 Å². The third kappa shape index (κ3) is 5.34. The molecular formula is C17H16BrN3O2. The highest BCUT2D eigenvalue weighted by molar-refractivity contribution is 9.10. The number of halogens is 1. The Morgan fingerprint density at radius 2 is 1.74 bits per heavy atom. The van der Waals surface area contributed by atoms with Crippen molar-refractivity contribution >= 4 is 34.0 Å². The van der Waals surface area contributed by atoms with Crippen LogP contribution in [-0.4, -0.2) is 24.1 Å². The first-order valence-electron chi connectivity index (χ1n) is 7.00. The maximum Gasteiger partial charge on any atom is 0.262 e. The van der Waals surface area contributed by atoms with E-state index < -0.39 is 6.04 Å². The second-order valence-electron chi connectivity index (χ2n) is 4.85. The number of rotatable bonds is 5. The molecule has 0 aliphatic rings. The molecule has 0 bridgehead atoms. The number of amides is 2. The van der Waals surface area contributed by atoms with Gasteiger partial charge in [-0.1, -0.05) is 46.3 Å². The van der Waals surface area contributed by atoms with E-state index in [1.54, 1.807) is 31.2 Å². The van der Waals surface area contributed by atoms with E-state index in [-0.39, 0.29) is 11.8 Å².